The lowest BCUT2D eigenvalue weighted by molar-refractivity contribution is 0.139. The van der Waals surface area contributed by atoms with Crippen molar-refractivity contribution in [3.05, 3.63) is 11.6 Å². The Bertz CT molecular complexity index is 168. The van der Waals surface area contributed by atoms with Gasteiger partial charge in [-0.25, -0.2) is 0 Å². The molecular weight excluding hydrogens is 184 g/mol. The first-order valence-electron chi connectivity index (χ1n) is 4.95. The van der Waals surface area contributed by atoms with Gasteiger partial charge in [-0.15, -0.1) is 0 Å². The van der Waals surface area contributed by atoms with Crippen LogP contribution in [-0.2, 0) is 0 Å². The third kappa shape index (κ3) is 3.29. The van der Waals surface area contributed by atoms with E-state index in [-0.39, 0.29) is 0 Å². The third-order valence-corrected chi connectivity index (χ3v) is 2.78. The van der Waals surface area contributed by atoms with Crippen molar-refractivity contribution in [2.75, 3.05) is 26.2 Å². The standard InChI is InChI=1S/C10H19ClN2/c1-9(2)10-8-12-5-7-13(10)6-3-4-11/h3-4,9-10,12H,5-8H2,1-2H3/b4-3+. The summed E-state index contributed by atoms with van der Waals surface area (Å²) in [4.78, 5) is 2.49. The maximum absolute atomic E-state index is 5.53. The van der Waals surface area contributed by atoms with Crippen LogP contribution >= 0.6 is 11.6 Å². The molecule has 0 bridgehead atoms. The first-order chi connectivity index (χ1) is 6.25. The van der Waals surface area contributed by atoms with Crippen molar-refractivity contribution >= 4 is 11.6 Å². The number of piperazine rings is 1. The van der Waals surface area contributed by atoms with E-state index in [0.29, 0.717) is 12.0 Å². The van der Waals surface area contributed by atoms with Crippen molar-refractivity contribution in [2.24, 2.45) is 5.92 Å². The lowest BCUT2D eigenvalue weighted by atomic mass is 10.0. The van der Waals surface area contributed by atoms with E-state index >= 15 is 0 Å². The summed E-state index contributed by atoms with van der Waals surface area (Å²) in [6.45, 7) is 8.86. The molecule has 1 heterocycles. The number of nitrogens with zero attached hydrogens (tertiary/aromatic N) is 1. The van der Waals surface area contributed by atoms with Gasteiger partial charge >= 0.3 is 0 Å². The zero-order valence-corrected chi connectivity index (χ0v) is 9.22. The molecule has 0 spiro atoms. The molecule has 1 N–H and O–H groups in total. The van der Waals surface area contributed by atoms with E-state index in [0.717, 1.165) is 26.2 Å². The molecule has 0 saturated carbocycles. The Balaban J connectivity index is 2.46. The second-order valence-electron chi connectivity index (χ2n) is 3.87. The van der Waals surface area contributed by atoms with Gasteiger partial charge in [0, 0.05) is 37.8 Å². The minimum Gasteiger partial charge on any atom is -0.314 e. The highest BCUT2D eigenvalue weighted by Gasteiger charge is 2.23. The van der Waals surface area contributed by atoms with Crippen molar-refractivity contribution < 1.29 is 0 Å². The third-order valence-electron chi connectivity index (χ3n) is 2.60. The van der Waals surface area contributed by atoms with Gasteiger partial charge < -0.3 is 5.32 Å². The van der Waals surface area contributed by atoms with Crippen molar-refractivity contribution in [1.29, 1.82) is 0 Å². The van der Waals surface area contributed by atoms with E-state index in [9.17, 15) is 0 Å². The van der Waals surface area contributed by atoms with Crippen LogP contribution < -0.4 is 5.32 Å². The van der Waals surface area contributed by atoms with Gasteiger partial charge in [-0.3, -0.25) is 4.90 Å². The van der Waals surface area contributed by atoms with E-state index in [1.165, 1.54) is 0 Å². The Kier molecular flexibility index (Phi) is 4.78. The van der Waals surface area contributed by atoms with Gasteiger partial charge in [0.05, 0.1) is 0 Å². The molecule has 1 saturated heterocycles. The van der Waals surface area contributed by atoms with Crippen LogP contribution in [0.1, 0.15) is 13.8 Å². The topological polar surface area (TPSA) is 15.3 Å². The van der Waals surface area contributed by atoms with E-state index in [1.807, 2.05) is 6.08 Å². The van der Waals surface area contributed by atoms with Gasteiger partial charge in [0.15, 0.2) is 0 Å². The maximum atomic E-state index is 5.53. The Morgan fingerprint density at radius 1 is 1.62 bits per heavy atom. The molecule has 0 aromatic heterocycles. The molecule has 1 rings (SSSR count). The van der Waals surface area contributed by atoms with Crippen molar-refractivity contribution in [3.63, 3.8) is 0 Å². The number of hydrogen-bond donors (Lipinski definition) is 1. The van der Waals surface area contributed by atoms with Crippen LogP contribution in [0.2, 0.25) is 0 Å². The zero-order valence-electron chi connectivity index (χ0n) is 8.46. The van der Waals surface area contributed by atoms with E-state index in [2.05, 4.69) is 24.1 Å². The van der Waals surface area contributed by atoms with Crippen molar-refractivity contribution in [3.8, 4) is 0 Å². The van der Waals surface area contributed by atoms with Gasteiger partial charge in [-0.2, -0.15) is 0 Å². The highest BCUT2D eigenvalue weighted by molar-refractivity contribution is 6.25. The summed E-state index contributed by atoms with van der Waals surface area (Å²) in [6, 6.07) is 0.654. The molecule has 1 aliphatic heterocycles. The molecule has 2 nitrogen and oxygen atoms in total. The summed E-state index contributed by atoms with van der Waals surface area (Å²) in [6.07, 6.45) is 2.02. The molecule has 0 aromatic carbocycles. The lowest BCUT2D eigenvalue weighted by Gasteiger charge is -2.37. The summed E-state index contributed by atoms with van der Waals surface area (Å²) in [5.74, 6) is 0.705. The van der Waals surface area contributed by atoms with Gasteiger partial charge in [0.1, 0.15) is 0 Å². The Morgan fingerprint density at radius 3 is 3.00 bits per heavy atom. The van der Waals surface area contributed by atoms with Crippen LogP contribution in [0, 0.1) is 5.92 Å². The van der Waals surface area contributed by atoms with Crippen LogP contribution in [-0.4, -0.2) is 37.1 Å². The summed E-state index contributed by atoms with van der Waals surface area (Å²) >= 11 is 5.53. The Morgan fingerprint density at radius 2 is 2.38 bits per heavy atom. The highest BCUT2D eigenvalue weighted by Crippen LogP contribution is 2.12. The average molecular weight is 203 g/mol. The fourth-order valence-corrected chi connectivity index (χ4v) is 1.91. The molecule has 0 radical (unpaired) electrons. The zero-order chi connectivity index (χ0) is 9.68. The molecule has 0 amide bonds. The molecule has 0 aromatic rings. The van der Waals surface area contributed by atoms with Crippen LogP contribution in [0.25, 0.3) is 0 Å². The smallest absolute Gasteiger partial charge is 0.0247 e. The monoisotopic (exact) mass is 202 g/mol. The number of nitrogens with one attached hydrogen (secondary N) is 1. The molecule has 1 aliphatic rings. The lowest BCUT2D eigenvalue weighted by Crippen LogP contribution is -2.53. The predicted octanol–water partition coefficient (Wildman–Crippen LogP) is 1.67. The quantitative estimate of drug-likeness (QED) is 0.749. The molecule has 1 fully saturated rings. The van der Waals surface area contributed by atoms with E-state index < -0.39 is 0 Å². The number of halogens is 1. The minimum absolute atomic E-state index is 0.654. The van der Waals surface area contributed by atoms with Gasteiger partial charge in [-0.05, 0) is 5.92 Å². The normalized spacial score (nSPS) is 26.0. The van der Waals surface area contributed by atoms with Gasteiger partial charge in [0.25, 0.3) is 0 Å². The van der Waals surface area contributed by atoms with E-state index in [4.69, 9.17) is 11.6 Å². The molecule has 1 atom stereocenters. The second kappa shape index (κ2) is 5.63. The van der Waals surface area contributed by atoms with Crippen molar-refractivity contribution in [2.45, 2.75) is 19.9 Å². The Hall–Kier alpha value is -0.0500. The fraction of sp³-hybridized carbons (Fsp3) is 0.800. The van der Waals surface area contributed by atoms with Crippen LogP contribution in [0.5, 0.6) is 0 Å². The van der Waals surface area contributed by atoms with E-state index in [1.54, 1.807) is 5.54 Å². The predicted molar refractivity (Wildman–Crippen MR) is 58.1 cm³/mol. The van der Waals surface area contributed by atoms with Crippen LogP contribution in [0.15, 0.2) is 11.6 Å². The summed E-state index contributed by atoms with van der Waals surface area (Å²) < 4.78 is 0. The maximum Gasteiger partial charge on any atom is 0.0247 e. The molecule has 13 heavy (non-hydrogen) atoms. The first-order valence-corrected chi connectivity index (χ1v) is 5.39. The summed E-state index contributed by atoms with van der Waals surface area (Å²) in [5, 5.41) is 3.42. The highest BCUT2D eigenvalue weighted by atomic mass is 35.5. The number of hydrogen-bond acceptors (Lipinski definition) is 2. The average Bonchev–Trinajstić information content (AvgIpc) is 2.15. The molecule has 3 heteroatoms. The fourth-order valence-electron chi connectivity index (χ4n) is 1.83. The Labute approximate surface area is 85.9 Å². The van der Waals surface area contributed by atoms with Crippen molar-refractivity contribution in [1.82, 2.24) is 10.2 Å². The second-order valence-corrected chi connectivity index (χ2v) is 4.12. The summed E-state index contributed by atoms with van der Waals surface area (Å²) in [5.41, 5.74) is 1.61. The summed E-state index contributed by atoms with van der Waals surface area (Å²) in [7, 11) is 0. The number of rotatable bonds is 3. The van der Waals surface area contributed by atoms with Crippen LogP contribution in [0.4, 0.5) is 0 Å². The molecular formula is C10H19ClN2. The first kappa shape index (κ1) is 11.0. The van der Waals surface area contributed by atoms with Gasteiger partial charge in [0.2, 0.25) is 0 Å². The minimum atomic E-state index is 0.654. The molecule has 0 aliphatic carbocycles. The molecule has 1 unspecified atom stereocenters. The largest absolute Gasteiger partial charge is 0.314 e. The SMILES string of the molecule is CC(C)C1CNCCN1C/C=C/Cl. The molecule has 76 valence electrons. The van der Waals surface area contributed by atoms with Crippen LogP contribution in [0.3, 0.4) is 0 Å². The van der Waals surface area contributed by atoms with Gasteiger partial charge in [-0.1, -0.05) is 31.5 Å².